The highest BCUT2D eigenvalue weighted by Gasteiger charge is 2.12. The zero-order chi connectivity index (χ0) is 21.6. The summed E-state index contributed by atoms with van der Waals surface area (Å²) in [5, 5.41) is 7.90. The zero-order valence-corrected chi connectivity index (χ0v) is 17.6. The number of sulfonamides is 1. The highest BCUT2D eigenvalue weighted by Crippen LogP contribution is 2.19. The van der Waals surface area contributed by atoms with Crippen LogP contribution in [0.1, 0.15) is 17.5 Å². The molecule has 3 N–H and O–H groups in total. The number of rotatable bonds is 8. The van der Waals surface area contributed by atoms with Crippen molar-refractivity contribution in [1.82, 2.24) is 0 Å². The fraction of sp³-hybridized carbons (Fsp3) is 0.174. The molecule has 6 nitrogen and oxygen atoms in total. The van der Waals surface area contributed by atoms with Crippen molar-refractivity contribution >= 4 is 27.3 Å². The molecule has 1 amide bonds. The van der Waals surface area contributed by atoms with Crippen LogP contribution < -0.4 is 15.4 Å². The number of nitrogens with two attached hydrogens (primary N) is 1. The summed E-state index contributed by atoms with van der Waals surface area (Å²) in [6.07, 6.45) is 0.289. The molecular weight excluding hydrogens is 398 g/mol. The molecule has 0 aliphatic heterocycles. The average molecular weight is 424 g/mol. The Balaban J connectivity index is 1.65. The number of amides is 1. The van der Waals surface area contributed by atoms with Crippen molar-refractivity contribution in [2.24, 2.45) is 5.14 Å². The molecule has 0 heterocycles. The van der Waals surface area contributed by atoms with E-state index in [4.69, 9.17) is 5.14 Å². The van der Waals surface area contributed by atoms with Crippen LogP contribution in [0, 0.1) is 6.92 Å². The second-order valence-corrected chi connectivity index (χ2v) is 8.67. The molecule has 0 aromatic heterocycles. The van der Waals surface area contributed by atoms with Crippen molar-refractivity contribution in [2.75, 3.05) is 16.8 Å². The van der Waals surface area contributed by atoms with E-state index < -0.39 is 10.0 Å². The number of anilines is 2. The molecule has 30 heavy (non-hydrogen) atoms. The van der Waals surface area contributed by atoms with Gasteiger partial charge in [0.05, 0.1) is 4.90 Å². The van der Waals surface area contributed by atoms with Crippen LogP contribution in [-0.4, -0.2) is 20.9 Å². The first kappa shape index (κ1) is 21.5. The fourth-order valence-corrected chi connectivity index (χ4v) is 3.56. The van der Waals surface area contributed by atoms with E-state index >= 15 is 0 Å². The monoisotopic (exact) mass is 423 g/mol. The molecule has 156 valence electrons. The average Bonchev–Trinajstić information content (AvgIpc) is 2.72. The molecule has 0 saturated carbocycles. The van der Waals surface area contributed by atoms with Gasteiger partial charge in [0.25, 0.3) is 0 Å². The van der Waals surface area contributed by atoms with Gasteiger partial charge in [0, 0.05) is 30.9 Å². The number of hydrogen-bond donors (Lipinski definition) is 2. The minimum atomic E-state index is -3.75. The largest absolute Gasteiger partial charge is 0.367 e. The normalized spacial score (nSPS) is 11.1. The molecule has 0 aliphatic carbocycles. The van der Waals surface area contributed by atoms with E-state index in [0.717, 1.165) is 11.3 Å². The van der Waals surface area contributed by atoms with E-state index in [1.54, 1.807) is 0 Å². The third-order valence-electron chi connectivity index (χ3n) is 4.69. The number of aryl methyl sites for hydroxylation is 1. The molecule has 7 heteroatoms. The molecule has 0 spiro atoms. The van der Waals surface area contributed by atoms with Crippen molar-refractivity contribution in [2.45, 2.75) is 24.8 Å². The Morgan fingerprint density at radius 3 is 2.17 bits per heavy atom. The maximum Gasteiger partial charge on any atom is 0.238 e. The number of nitrogens with zero attached hydrogens (tertiary/aromatic N) is 1. The summed E-state index contributed by atoms with van der Waals surface area (Å²) in [7, 11) is -3.75. The highest BCUT2D eigenvalue weighted by atomic mass is 32.2. The summed E-state index contributed by atoms with van der Waals surface area (Å²) in [6, 6.07) is 24.1. The van der Waals surface area contributed by atoms with Crippen molar-refractivity contribution in [3.63, 3.8) is 0 Å². The van der Waals surface area contributed by atoms with Crippen molar-refractivity contribution in [3.05, 3.63) is 90.0 Å². The molecule has 0 unspecified atom stereocenters. The van der Waals surface area contributed by atoms with Crippen LogP contribution in [0.25, 0.3) is 0 Å². The Labute approximate surface area is 177 Å². The number of hydrogen-bond acceptors (Lipinski definition) is 4. The van der Waals surface area contributed by atoms with Gasteiger partial charge in [0.1, 0.15) is 0 Å². The lowest BCUT2D eigenvalue weighted by atomic mass is 10.1. The van der Waals surface area contributed by atoms with Crippen molar-refractivity contribution in [1.29, 1.82) is 0 Å². The molecule has 0 atom stereocenters. The highest BCUT2D eigenvalue weighted by molar-refractivity contribution is 7.89. The van der Waals surface area contributed by atoms with Gasteiger partial charge in [-0.25, -0.2) is 13.6 Å². The van der Waals surface area contributed by atoms with Gasteiger partial charge < -0.3 is 10.2 Å². The first-order valence-corrected chi connectivity index (χ1v) is 11.1. The van der Waals surface area contributed by atoms with Gasteiger partial charge in [-0.05, 0) is 48.9 Å². The third-order valence-corrected chi connectivity index (χ3v) is 5.62. The summed E-state index contributed by atoms with van der Waals surface area (Å²) >= 11 is 0. The van der Waals surface area contributed by atoms with Crippen LogP contribution in [0.15, 0.2) is 83.8 Å². The van der Waals surface area contributed by atoms with Crippen LogP contribution in [0.4, 0.5) is 11.4 Å². The Morgan fingerprint density at radius 2 is 1.57 bits per heavy atom. The second kappa shape index (κ2) is 9.56. The predicted octanol–water partition coefficient (Wildman–Crippen LogP) is 3.68. The van der Waals surface area contributed by atoms with Gasteiger partial charge in [-0.15, -0.1) is 0 Å². The summed E-state index contributed by atoms with van der Waals surface area (Å²) in [4.78, 5) is 14.6. The second-order valence-electron chi connectivity index (χ2n) is 7.11. The Hall–Kier alpha value is -3.16. The Kier molecular flexibility index (Phi) is 6.87. The number of carbonyl (C=O) groups is 1. The van der Waals surface area contributed by atoms with E-state index in [-0.39, 0.29) is 17.2 Å². The zero-order valence-electron chi connectivity index (χ0n) is 16.8. The number of primary sulfonamides is 1. The van der Waals surface area contributed by atoms with Crippen LogP contribution in [0.2, 0.25) is 0 Å². The molecule has 0 radical (unpaired) electrons. The Bertz CT molecular complexity index is 1080. The molecule has 0 saturated heterocycles. The third kappa shape index (κ3) is 6.17. The fourth-order valence-electron chi connectivity index (χ4n) is 3.05. The molecule has 3 rings (SSSR count). The van der Waals surface area contributed by atoms with Gasteiger partial charge in [0.2, 0.25) is 15.9 Å². The summed E-state index contributed by atoms with van der Waals surface area (Å²) < 4.78 is 22.7. The predicted molar refractivity (Wildman–Crippen MR) is 120 cm³/mol. The van der Waals surface area contributed by atoms with Gasteiger partial charge in [-0.2, -0.15) is 0 Å². The lowest BCUT2D eigenvalue weighted by Gasteiger charge is -2.25. The lowest BCUT2D eigenvalue weighted by Crippen LogP contribution is -2.27. The minimum absolute atomic E-state index is 0.00825. The van der Waals surface area contributed by atoms with E-state index in [1.807, 2.05) is 25.1 Å². The molecule has 3 aromatic rings. The smallest absolute Gasteiger partial charge is 0.238 e. The number of nitrogens with one attached hydrogen (secondary N) is 1. The summed E-state index contributed by atoms with van der Waals surface area (Å²) in [5.74, 6) is -0.150. The topological polar surface area (TPSA) is 92.5 Å². The quantitative estimate of drug-likeness (QED) is 0.578. The van der Waals surface area contributed by atoms with Crippen molar-refractivity contribution in [3.8, 4) is 0 Å². The van der Waals surface area contributed by atoms with Gasteiger partial charge in [-0.1, -0.05) is 48.0 Å². The van der Waals surface area contributed by atoms with Crippen LogP contribution in [0.5, 0.6) is 0 Å². The first-order valence-electron chi connectivity index (χ1n) is 9.59. The maximum atomic E-state index is 12.5. The maximum absolute atomic E-state index is 12.5. The van der Waals surface area contributed by atoms with E-state index in [0.29, 0.717) is 18.8 Å². The van der Waals surface area contributed by atoms with Gasteiger partial charge in [0.15, 0.2) is 0 Å². The Morgan fingerprint density at radius 1 is 0.933 bits per heavy atom. The first-order chi connectivity index (χ1) is 14.3. The lowest BCUT2D eigenvalue weighted by molar-refractivity contribution is -0.116. The van der Waals surface area contributed by atoms with E-state index in [1.165, 1.54) is 29.8 Å². The minimum Gasteiger partial charge on any atom is -0.367 e. The van der Waals surface area contributed by atoms with E-state index in [9.17, 15) is 13.2 Å². The molecule has 0 aliphatic rings. The SMILES string of the molecule is Cc1ccc(N(CCC(=O)Nc2ccc(S(N)(=O)=O)cc2)Cc2ccccc2)cc1. The van der Waals surface area contributed by atoms with Crippen LogP contribution in [-0.2, 0) is 21.4 Å². The van der Waals surface area contributed by atoms with Crippen LogP contribution in [0.3, 0.4) is 0 Å². The molecule has 0 bridgehead atoms. The summed E-state index contributed by atoms with van der Waals surface area (Å²) in [6.45, 7) is 3.28. The van der Waals surface area contributed by atoms with Gasteiger partial charge >= 0.3 is 0 Å². The standard InChI is InChI=1S/C23H25N3O3S/c1-18-7-11-21(12-8-18)26(17-19-5-3-2-4-6-19)16-15-23(27)25-20-9-13-22(14-10-20)30(24,28)29/h2-14H,15-17H2,1H3,(H,25,27)(H2,24,28,29). The molecule has 0 fully saturated rings. The van der Waals surface area contributed by atoms with E-state index in [2.05, 4.69) is 46.6 Å². The van der Waals surface area contributed by atoms with Gasteiger partial charge in [-0.3, -0.25) is 4.79 Å². The number of benzene rings is 3. The molecule has 3 aromatic carbocycles. The van der Waals surface area contributed by atoms with Crippen LogP contribution >= 0.6 is 0 Å². The van der Waals surface area contributed by atoms with Crippen molar-refractivity contribution < 1.29 is 13.2 Å². The number of carbonyl (C=O) groups excluding carboxylic acids is 1. The summed E-state index contributed by atoms with van der Waals surface area (Å²) in [5.41, 5.74) is 3.92. The molecular formula is C23H25N3O3S.